The molecule has 1 unspecified atom stereocenters. The second kappa shape index (κ2) is 13.9. The molecule has 0 spiro atoms. The first-order valence-corrected chi connectivity index (χ1v) is 13.6. The summed E-state index contributed by atoms with van der Waals surface area (Å²) in [5.74, 6) is 4.87. The number of anilines is 1. The summed E-state index contributed by atoms with van der Waals surface area (Å²) in [6.45, 7) is 11.8. The predicted octanol–water partition coefficient (Wildman–Crippen LogP) is 8.09. The number of terminal acetylenes is 1. The molecule has 0 radical (unpaired) electrons. The first kappa shape index (κ1) is 30.5. The summed E-state index contributed by atoms with van der Waals surface area (Å²) >= 11 is 0. The van der Waals surface area contributed by atoms with Crippen LogP contribution in [-0.4, -0.2) is 21.6 Å². The van der Waals surface area contributed by atoms with Crippen molar-refractivity contribution in [1.82, 2.24) is 14.5 Å². The number of aromatic nitrogens is 3. The fourth-order valence-corrected chi connectivity index (χ4v) is 4.37. The number of nitriles is 1. The Morgan fingerprint density at radius 2 is 1.85 bits per heavy atom. The number of ether oxygens (including phenoxy) is 2. The average molecular weight is 548 g/mol. The summed E-state index contributed by atoms with van der Waals surface area (Å²) in [4.78, 5) is 9.43. The highest BCUT2D eigenvalue weighted by atomic mass is 16.5. The lowest BCUT2D eigenvalue weighted by atomic mass is 9.95. The molecule has 41 heavy (non-hydrogen) atoms. The summed E-state index contributed by atoms with van der Waals surface area (Å²) in [5, 5.41) is 13.0. The second-order valence-electron chi connectivity index (χ2n) is 9.23. The van der Waals surface area contributed by atoms with Gasteiger partial charge in [0.1, 0.15) is 17.0 Å². The molecule has 4 aromatic rings. The molecule has 210 valence electrons. The zero-order chi connectivity index (χ0) is 30.1. The van der Waals surface area contributed by atoms with Crippen LogP contribution in [0, 0.1) is 43.4 Å². The van der Waals surface area contributed by atoms with Gasteiger partial charge in [0, 0.05) is 30.4 Å². The molecule has 4 rings (SSSR count). The van der Waals surface area contributed by atoms with E-state index in [1.807, 2.05) is 108 Å². The number of nitrogens with zero attached hydrogens (tertiary/aromatic N) is 4. The highest BCUT2D eigenvalue weighted by Crippen LogP contribution is 2.39. The Bertz CT molecular complexity index is 1660. The van der Waals surface area contributed by atoms with Crippen molar-refractivity contribution in [1.29, 1.82) is 5.26 Å². The van der Waals surface area contributed by atoms with E-state index in [4.69, 9.17) is 20.9 Å². The van der Waals surface area contributed by atoms with E-state index in [0.717, 1.165) is 39.0 Å². The normalized spacial score (nSPS) is 11.8. The van der Waals surface area contributed by atoms with E-state index >= 15 is 0 Å². The smallest absolute Gasteiger partial charge is 0.249 e. The lowest BCUT2D eigenvalue weighted by Crippen LogP contribution is -2.05. The van der Waals surface area contributed by atoms with Crippen LogP contribution in [0.1, 0.15) is 44.4 Å². The predicted molar refractivity (Wildman–Crippen MR) is 167 cm³/mol. The van der Waals surface area contributed by atoms with Crippen molar-refractivity contribution in [3.63, 3.8) is 0 Å². The Kier molecular flexibility index (Phi) is 10.3. The van der Waals surface area contributed by atoms with Gasteiger partial charge in [-0.1, -0.05) is 38.0 Å². The third-order valence-corrected chi connectivity index (χ3v) is 6.40. The minimum absolute atomic E-state index is 0.00665. The van der Waals surface area contributed by atoms with Gasteiger partial charge in [0.15, 0.2) is 0 Å². The number of benzene rings is 2. The number of aryl methyl sites for hydroxylation is 3. The topological polar surface area (TPSA) is 85.0 Å². The molecule has 0 fully saturated rings. The van der Waals surface area contributed by atoms with Gasteiger partial charge in [0.05, 0.1) is 24.3 Å². The van der Waals surface area contributed by atoms with Gasteiger partial charge < -0.3 is 19.4 Å². The maximum absolute atomic E-state index is 9.70. The molecule has 0 bridgehead atoms. The van der Waals surface area contributed by atoms with E-state index in [2.05, 4.69) is 22.3 Å². The Labute approximate surface area is 243 Å². The molecule has 0 aliphatic carbocycles. The molecule has 7 nitrogen and oxygen atoms in total. The number of hydrogen-bond acceptors (Lipinski definition) is 6. The molecule has 1 N–H and O–H groups in total. The molecule has 0 saturated carbocycles. The second-order valence-corrected chi connectivity index (χ2v) is 9.23. The van der Waals surface area contributed by atoms with Crippen LogP contribution in [0.5, 0.6) is 17.4 Å². The summed E-state index contributed by atoms with van der Waals surface area (Å²) in [5.41, 5.74) is 6.33. The van der Waals surface area contributed by atoms with Crippen molar-refractivity contribution in [2.45, 2.75) is 41.5 Å². The Morgan fingerprint density at radius 3 is 2.46 bits per heavy atom. The standard InChI is InChI=1S/C32H31N5O2.C2H6/c1-8-20(3)13-14-25(9-2)34-32-35-26-15-16-37(6)29(26)31(36-32)39-30-21(4)17-24(18-22(30)5)28-23(19-33)11-10-12-27(28)38-7;1-2/h1,9-18,20H,2-7H3,(H,34,35,36);1-2H3/b14-13-,25-9+;. The van der Waals surface area contributed by atoms with Crippen molar-refractivity contribution in [3.8, 4) is 46.9 Å². The summed E-state index contributed by atoms with van der Waals surface area (Å²) < 4.78 is 14.0. The maximum Gasteiger partial charge on any atom is 0.249 e. The van der Waals surface area contributed by atoms with Crippen LogP contribution in [0.2, 0.25) is 0 Å². The molecule has 2 aromatic carbocycles. The van der Waals surface area contributed by atoms with Gasteiger partial charge in [-0.3, -0.25) is 0 Å². The Balaban J connectivity index is 0.00000226. The van der Waals surface area contributed by atoms with Gasteiger partial charge in [-0.25, -0.2) is 4.98 Å². The van der Waals surface area contributed by atoms with Crippen molar-refractivity contribution >= 4 is 17.0 Å². The molecular formula is C34H37N5O2. The highest BCUT2D eigenvalue weighted by Gasteiger charge is 2.18. The van der Waals surface area contributed by atoms with Gasteiger partial charge in [0.2, 0.25) is 11.8 Å². The van der Waals surface area contributed by atoms with Gasteiger partial charge >= 0.3 is 0 Å². The average Bonchev–Trinajstić information content (AvgIpc) is 3.37. The van der Waals surface area contributed by atoms with Crippen LogP contribution >= 0.6 is 0 Å². The number of allylic oxidation sites excluding steroid dienone is 3. The van der Waals surface area contributed by atoms with E-state index in [9.17, 15) is 5.26 Å². The molecule has 7 heteroatoms. The Hall–Kier alpha value is -5.01. The van der Waals surface area contributed by atoms with Crippen LogP contribution < -0.4 is 14.8 Å². The molecule has 0 amide bonds. The third kappa shape index (κ3) is 6.77. The van der Waals surface area contributed by atoms with E-state index in [-0.39, 0.29) is 5.92 Å². The first-order valence-electron chi connectivity index (χ1n) is 13.6. The molecule has 2 aromatic heterocycles. The van der Waals surface area contributed by atoms with Crippen LogP contribution in [0.25, 0.3) is 22.2 Å². The molecule has 2 heterocycles. The van der Waals surface area contributed by atoms with Gasteiger partial charge in [0.25, 0.3) is 0 Å². The maximum atomic E-state index is 9.70. The van der Waals surface area contributed by atoms with Crippen molar-refractivity contribution < 1.29 is 9.47 Å². The number of methoxy groups -OCH3 is 1. The van der Waals surface area contributed by atoms with Crippen molar-refractivity contribution in [2.24, 2.45) is 13.0 Å². The highest BCUT2D eigenvalue weighted by molar-refractivity contribution is 5.83. The summed E-state index contributed by atoms with van der Waals surface area (Å²) in [6.07, 6.45) is 13.2. The van der Waals surface area contributed by atoms with E-state index in [0.29, 0.717) is 28.9 Å². The van der Waals surface area contributed by atoms with E-state index < -0.39 is 0 Å². The lowest BCUT2D eigenvalue weighted by molar-refractivity contribution is 0.416. The van der Waals surface area contributed by atoms with Crippen LogP contribution in [0.3, 0.4) is 0 Å². The summed E-state index contributed by atoms with van der Waals surface area (Å²) in [6, 6.07) is 13.7. The van der Waals surface area contributed by atoms with Crippen LogP contribution in [-0.2, 0) is 7.05 Å². The molecular weight excluding hydrogens is 510 g/mol. The number of fused-ring (bicyclic) bond motifs is 1. The van der Waals surface area contributed by atoms with Crippen LogP contribution in [0.15, 0.2) is 66.5 Å². The fraction of sp³-hybridized carbons (Fsp3) is 0.265. The van der Waals surface area contributed by atoms with Gasteiger partial charge in [-0.15, -0.1) is 6.42 Å². The molecule has 0 saturated heterocycles. The van der Waals surface area contributed by atoms with Gasteiger partial charge in [-0.2, -0.15) is 10.2 Å². The lowest BCUT2D eigenvalue weighted by Gasteiger charge is -2.17. The van der Waals surface area contributed by atoms with E-state index in [1.165, 1.54) is 0 Å². The fourth-order valence-electron chi connectivity index (χ4n) is 4.37. The zero-order valence-corrected chi connectivity index (χ0v) is 25.0. The number of nitrogens with one attached hydrogen (secondary N) is 1. The quantitative estimate of drug-likeness (QED) is 0.177. The largest absolute Gasteiger partial charge is 0.496 e. The van der Waals surface area contributed by atoms with Crippen molar-refractivity contribution in [3.05, 3.63) is 83.2 Å². The molecule has 1 atom stereocenters. The third-order valence-electron chi connectivity index (χ3n) is 6.40. The van der Waals surface area contributed by atoms with Crippen LogP contribution in [0.4, 0.5) is 5.95 Å². The monoisotopic (exact) mass is 547 g/mol. The number of rotatable bonds is 8. The van der Waals surface area contributed by atoms with E-state index in [1.54, 1.807) is 13.2 Å². The van der Waals surface area contributed by atoms with Gasteiger partial charge in [-0.05, 0) is 80.8 Å². The van der Waals surface area contributed by atoms with Crippen molar-refractivity contribution in [2.75, 3.05) is 12.4 Å². The first-order chi connectivity index (χ1) is 19.8. The number of hydrogen-bond donors (Lipinski definition) is 1. The SMILES string of the molecule is C#CC(C)/C=C\C(=C/C)Nc1nc(Oc2c(C)cc(-c3c(C#N)cccc3OC)cc2C)c2c(ccn2C)n1.CC. The Morgan fingerprint density at radius 1 is 1.15 bits per heavy atom. The minimum Gasteiger partial charge on any atom is -0.496 e. The minimum atomic E-state index is 0.00665. The molecule has 0 aliphatic rings. The zero-order valence-electron chi connectivity index (χ0n) is 25.0. The summed E-state index contributed by atoms with van der Waals surface area (Å²) in [7, 11) is 3.54. The molecule has 0 aliphatic heterocycles.